The van der Waals surface area contributed by atoms with E-state index in [1.165, 1.54) is 5.56 Å². The van der Waals surface area contributed by atoms with Gasteiger partial charge in [0.2, 0.25) is 5.91 Å². The number of carbonyl (C=O) groups excluding carboxylic acids is 1. The minimum absolute atomic E-state index is 0.0899. The second-order valence-corrected chi connectivity index (χ2v) is 7.12. The van der Waals surface area contributed by atoms with Gasteiger partial charge in [-0.15, -0.1) is 0 Å². The summed E-state index contributed by atoms with van der Waals surface area (Å²) in [6, 6.07) is 13.5. The molecular weight excluding hydrogens is 308 g/mol. The molecule has 0 unspecified atom stereocenters. The van der Waals surface area contributed by atoms with E-state index in [1.807, 2.05) is 49.4 Å². The summed E-state index contributed by atoms with van der Waals surface area (Å²) in [5, 5.41) is 6.65. The van der Waals surface area contributed by atoms with Crippen LogP contribution in [-0.4, -0.2) is 12.5 Å². The van der Waals surface area contributed by atoms with Gasteiger partial charge in [-0.05, 0) is 47.7 Å². The van der Waals surface area contributed by atoms with E-state index in [-0.39, 0.29) is 17.9 Å². The smallest absolute Gasteiger partial charge is 0.243 e. The summed E-state index contributed by atoms with van der Waals surface area (Å²) < 4.78 is 0. The number of aryl methyl sites for hydroxylation is 1. The minimum Gasteiger partial charge on any atom is -0.376 e. The molecule has 2 aromatic rings. The Labute approximate surface area is 143 Å². The molecule has 0 saturated heterocycles. The molecule has 122 valence electrons. The molecule has 0 heterocycles. The van der Waals surface area contributed by atoms with E-state index in [4.69, 9.17) is 11.6 Å². The highest BCUT2D eigenvalue weighted by molar-refractivity contribution is 6.30. The van der Waals surface area contributed by atoms with Gasteiger partial charge in [0, 0.05) is 16.4 Å². The lowest BCUT2D eigenvalue weighted by atomic mass is 9.87. The number of rotatable bonds is 4. The van der Waals surface area contributed by atoms with Crippen molar-refractivity contribution in [3.8, 4) is 0 Å². The monoisotopic (exact) mass is 330 g/mol. The third kappa shape index (κ3) is 5.00. The predicted molar refractivity (Wildman–Crippen MR) is 98.5 cm³/mol. The van der Waals surface area contributed by atoms with Gasteiger partial charge in [-0.3, -0.25) is 4.79 Å². The fourth-order valence-corrected chi connectivity index (χ4v) is 2.39. The van der Waals surface area contributed by atoms with Crippen LogP contribution in [0.25, 0.3) is 0 Å². The molecule has 0 aliphatic heterocycles. The molecular formula is C19H23ClN2O. The van der Waals surface area contributed by atoms with Gasteiger partial charge in [-0.2, -0.15) is 0 Å². The van der Waals surface area contributed by atoms with Gasteiger partial charge in [0.1, 0.15) is 0 Å². The summed E-state index contributed by atoms with van der Waals surface area (Å²) in [6.07, 6.45) is 0. The number of benzene rings is 2. The Bertz CT molecular complexity index is 688. The van der Waals surface area contributed by atoms with E-state index in [2.05, 4.69) is 31.4 Å². The van der Waals surface area contributed by atoms with E-state index in [1.54, 1.807) is 0 Å². The standard InChI is InChI=1S/C19H23ClN2O/c1-13-5-8-15(20)11-17(13)21-12-18(23)22-16-9-6-14(7-10-16)19(2,3)4/h5-11,21H,12H2,1-4H3,(H,22,23). The highest BCUT2D eigenvalue weighted by Crippen LogP contribution is 2.23. The lowest BCUT2D eigenvalue weighted by Gasteiger charge is -2.19. The zero-order valence-electron chi connectivity index (χ0n) is 14.0. The van der Waals surface area contributed by atoms with Crippen molar-refractivity contribution >= 4 is 28.9 Å². The number of anilines is 2. The average molecular weight is 331 g/mol. The molecule has 0 bridgehead atoms. The molecule has 2 aromatic carbocycles. The van der Waals surface area contributed by atoms with Gasteiger partial charge >= 0.3 is 0 Å². The van der Waals surface area contributed by atoms with Crippen molar-refractivity contribution in [2.24, 2.45) is 0 Å². The summed E-state index contributed by atoms with van der Waals surface area (Å²) in [7, 11) is 0. The van der Waals surface area contributed by atoms with Crippen LogP contribution >= 0.6 is 11.6 Å². The SMILES string of the molecule is Cc1ccc(Cl)cc1NCC(=O)Nc1ccc(C(C)(C)C)cc1. The lowest BCUT2D eigenvalue weighted by Crippen LogP contribution is -2.22. The van der Waals surface area contributed by atoms with E-state index in [0.29, 0.717) is 5.02 Å². The van der Waals surface area contributed by atoms with E-state index >= 15 is 0 Å². The fourth-order valence-electron chi connectivity index (χ4n) is 2.22. The lowest BCUT2D eigenvalue weighted by molar-refractivity contribution is -0.114. The van der Waals surface area contributed by atoms with Crippen LogP contribution in [0.15, 0.2) is 42.5 Å². The van der Waals surface area contributed by atoms with E-state index in [9.17, 15) is 4.79 Å². The molecule has 2 N–H and O–H groups in total. The number of amides is 1. The van der Waals surface area contributed by atoms with Crippen molar-refractivity contribution in [1.29, 1.82) is 0 Å². The van der Waals surface area contributed by atoms with Crippen molar-refractivity contribution in [1.82, 2.24) is 0 Å². The minimum atomic E-state index is -0.0899. The maximum absolute atomic E-state index is 12.1. The molecule has 4 heteroatoms. The van der Waals surface area contributed by atoms with E-state index in [0.717, 1.165) is 16.9 Å². The topological polar surface area (TPSA) is 41.1 Å². The Kier molecular flexibility index (Phi) is 5.32. The summed E-state index contributed by atoms with van der Waals surface area (Å²) >= 11 is 5.97. The van der Waals surface area contributed by atoms with E-state index < -0.39 is 0 Å². The maximum atomic E-state index is 12.1. The predicted octanol–water partition coefficient (Wildman–Crippen LogP) is 5.00. The second-order valence-electron chi connectivity index (χ2n) is 6.69. The van der Waals surface area contributed by atoms with Crippen LogP contribution in [0.4, 0.5) is 11.4 Å². The summed E-state index contributed by atoms with van der Waals surface area (Å²) in [5.41, 5.74) is 4.07. The number of hydrogen-bond acceptors (Lipinski definition) is 2. The van der Waals surface area contributed by atoms with Gasteiger partial charge in [0.15, 0.2) is 0 Å². The molecule has 0 aromatic heterocycles. The Hall–Kier alpha value is -2.00. The van der Waals surface area contributed by atoms with Crippen LogP contribution in [0.3, 0.4) is 0 Å². The zero-order valence-corrected chi connectivity index (χ0v) is 14.8. The van der Waals surface area contributed by atoms with Gasteiger partial charge < -0.3 is 10.6 Å². The molecule has 2 rings (SSSR count). The average Bonchev–Trinajstić information content (AvgIpc) is 2.48. The first-order valence-electron chi connectivity index (χ1n) is 7.66. The van der Waals surface area contributed by atoms with Gasteiger partial charge in [-0.1, -0.05) is 50.6 Å². The molecule has 23 heavy (non-hydrogen) atoms. The number of halogens is 1. The van der Waals surface area contributed by atoms with Crippen LogP contribution in [0.2, 0.25) is 5.02 Å². The van der Waals surface area contributed by atoms with Crippen molar-refractivity contribution in [3.63, 3.8) is 0 Å². The zero-order chi connectivity index (χ0) is 17.0. The Balaban J connectivity index is 1.93. The first-order valence-corrected chi connectivity index (χ1v) is 8.04. The molecule has 1 amide bonds. The third-order valence-corrected chi connectivity index (χ3v) is 3.91. The highest BCUT2D eigenvalue weighted by atomic mass is 35.5. The van der Waals surface area contributed by atoms with Gasteiger partial charge in [0.25, 0.3) is 0 Å². The van der Waals surface area contributed by atoms with Crippen molar-refractivity contribution in [3.05, 3.63) is 58.6 Å². The summed E-state index contributed by atoms with van der Waals surface area (Å²) in [5.74, 6) is -0.0899. The highest BCUT2D eigenvalue weighted by Gasteiger charge is 2.13. The maximum Gasteiger partial charge on any atom is 0.243 e. The molecule has 3 nitrogen and oxygen atoms in total. The Morgan fingerprint density at radius 2 is 1.74 bits per heavy atom. The van der Waals surface area contributed by atoms with Crippen molar-refractivity contribution in [2.75, 3.05) is 17.2 Å². The second kappa shape index (κ2) is 7.05. The molecule has 0 fully saturated rings. The van der Waals surface area contributed by atoms with Crippen LogP contribution in [-0.2, 0) is 10.2 Å². The van der Waals surface area contributed by atoms with Crippen molar-refractivity contribution < 1.29 is 4.79 Å². The van der Waals surface area contributed by atoms with Gasteiger partial charge in [0.05, 0.1) is 6.54 Å². The molecule has 0 saturated carbocycles. The van der Waals surface area contributed by atoms with Crippen molar-refractivity contribution in [2.45, 2.75) is 33.1 Å². The number of nitrogens with one attached hydrogen (secondary N) is 2. The molecule has 0 radical (unpaired) electrons. The number of carbonyl (C=O) groups is 1. The summed E-state index contributed by atoms with van der Waals surface area (Å²) in [4.78, 5) is 12.1. The summed E-state index contributed by atoms with van der Waals surface area (Å²) in [6.45, 7) is 8.66. The normalized spacial score (nSPS) is 11.2. The molecule has 0 spiro atoms. The van der Waals surface area contributed by atoms with Crippen LogP contribution < -0.4 is 10.6 Å². The van der Waals surface area contributed by atoms with Crippen LogP contribution in [0.1, 0.15) is 31.9 Å². The number of hydrogen-bond donors (Lipinski definition) is 2. The molecule has 0 aliphatic rings. The Morgan fingerprint density at radius 1 is 1.09 bits per heavy atom. The quantitative estimate of drug-likeness (QED) is 0.828. The third-order valence-electron chi connectivity index (χ3n) is 3.67. The van der Waals surface area contributed by atoms with Crippen LogP contribution in [0, 0.1) is 6.92 Å². The molecule has 0 aliphatic carbocycles. The first-order chi connectivity index (χ1) is 10.8. The van der Waals surface area contributed by atoms with Gasteiger partial charge in [-0.25, -0.2) is 0 Å². The Morgan fingerprint density at radius 3 is 2.35 bits per heavy atom. The largest absolute Gasteiger partial charge is 0.376 e. The fraction of sp³-hybridized carbons (Fsp3) is 0.316. The van der Waals surface area contributed by atoms with Crippen LogP contribution in [0.5, 0.6) is 0 Å². The first kappa shape index (κ1) is 17.4. The molecule has 0 atom stereocenters.